The molecule has 3 heteroatoms. The zero-order valence-corrected chi connectivity index (χ0v) is 17.5. The van der Waals surface area contributed by atoms with Crippen LogP contribution >= 0.6 is 0 Å². The lowest BCUT2D eigenvalue weighted by Crippen LogP contribution is -2.50. The number of fused-ring (bicyclic) bond motifs is 3. The Morgan fingerprint density at radius 2 is 1.52 bits per heavy atom. The first kappa shape index (κ1) is 20.0. The Bertz CT molecular complexity index is 785. The van der Waals surface area contributed by atoms with Gasteiger partial charge in [0, 0.05) is 0 Å². The highest BCUT2D eigenvalue weighted by Gasteiger charge is 2.51. The van der Waals surface area contributed by atoms with Crippen LogP contribution in [0.25, 0.3) is 0 Å². The summed E-state index contributed by atoms with van der Waals surface area (Å²) in [5, 5.41) is 0. The van der Waals surface area contributed by atoms with Gasteiger partial charge in [0.1, 0.15) is 11.4 Å². The van der Waals surface area contributed by atoms with Gasteiger partial charge in [0.05, 0.1) is 12.2 Å². The molecule has 0 unspecified atom stereocenters. The van der Waals surface area contributed by atoms with Gasteiger partial charge in [-0.1, -0.05) is 50.1 Å². The predicted octanol–water partition coefficient (Wildman–Crippen LogP) is 6.46. The lowest BCUT2D eigenvalue weighted by molar-refractivity contribution is -0.0839. The Hall–Kier alpha value is -2.29. The highest BCUT2D eigenvalue weighted by atomic mass is 16.6. The van der Waals surface area contributed by atoms with Gasteiger partial charge < -0.3 is 9.47 Å². The molecule has 3 aliphatic carbocycles. The standard InChI is InChI=1S/C26H32O3/c1-2-3-7-20-28-23-12-10-21(11-13-23)24(27)29-26-17-14-25(15-18-26,16-19-26)22-8-5-4-6-9-22/h4-6,8-13H,2-3,7,14-20H2,1H3. The average molecular weight is 393 g/mol. The van der Waals surface area contributed by atoms with E-state index in [1.165, 1.54) is 18.4 Å². The highest BCUT2D eigenvalue weighted by molar-refractivity contribution is 5.89. The molecule has 0 heterocycles. The van der Waals surface area contributed by atoms with Crippen LogP contribution in [0.4, 0.5) is 0 Å². The van der Waals surface area contributed by atoms with E-state index in [1.807, 2.05) is 24.3 Å². The number of hydrogen-bond donors (Lipinski definition) is 0. The molecular weight excluding hydrogens is 360 g/mol. The molecule has 3 fully saturated rings. The van der Waals surface area contributed by atoms with Crippen molar-refractivity contribution < 1.29 is 14.3 Å². The number of unbranched alkanes of at least 4 members (excludes halogenated alkanes) is 2. The molecule has 0 radical (unpaired) electrons. The third-order valence-electron chi connectivity index (χ3n) is 6.98. The number of ether oxygens (including phenoxy) is 2. The lowest BCUT2D eigenvalue weighted by Gasteiger charge is -2.53. The van der Waals surface area contributed by atoms with E-state index in [0.29, 0.717) is 5.56 Å². The number of rotatable bonds is 8. The molecule has 0 aromatic heterocycles. The van der Waals surface area contributed by atoms with Crippen molar-refractivity contribution in [1.82, 2.24) is 0 Å². The molecule has 3 aliphatic rings. The van der Waals surface area contributed by atoms with Gasteiger partial charge in [0.25, 0.3) is 0 Å². The summed E-state index contributed by atoms with van der Waals surface area (Å²) >= 11 is 0. The summed E-state index contributed by atoms with van der Waals surface area (Å²) in [6.45, 7) is 2.91. The van der Waals surface area contributed by atoms with Crippen molar-refractivity contribution in [3.63, 3.8) is 0 Å². The average Bonchev–Trinajstić information content (AvgIpc) is 2.79. The molecule has 29 heavy (non-hydrogen) atoms. The van der Waals surface area contributed by atoms with Gasteiger partial charge in [-0.2, -0.15) is 0 Å². The smallest absolute Gasteiger partial charge is 0.338 e. The fourth-order valence-electron chi connectivity index (χ4n) is 5.01. The number of carbonyl (C=O) groups excluding carboxylic acids is 1. The van der Waals surface area contributed by atoms with E-state index >= 15 is 0 Å². The van der Waals surface area contributed by atoms with Crippen LogP contribution in [0, 0.1) is 0 Å². The second kappa shape index (κ2) is 8.61. The summed E-state index contributed by atoms with van der Waals surface area (Å²) in [7, 11) is 0. The predicted molar refractivity (Wildman–Crippen MR) is 115 cm³/mol. The van der Waals surface area contributed by atoms with Gasteiger partial charge in [0.2, 0.25) is 0 Å². The molecule has 3 nitrogen and oxygen atoms in total. The largest absolute Gasteiger partial charge is 0.494 e. The fraction of sp³-hybridized carbons (Fsp3) is 0.500. The summed E-state index contributed by atoms with van der Waals surface area (Å²) in [4.78, 5) is 12.8. The monoisotopic (exact) mass is 392 g/mol. The van der Waals surface area contributed by atoms with Gasteiger partial charge in [-0.25, -0.2) is 4.79 Å². The van der Waals surface area contributed by atoms with Crippen molar-refractivity contribution >= 4 is 5.97 Å². The van der Waals surface area contributed by atoms with Crippen molar-refractivity contribution in [1.29, 1.82) is 0 Å². The SMILES string of the molecule is CCCCCOc1ccc(C(=O)OC23CCC(c4ccccc4)(CC2)CC3)cc1. The minimum Gasteiger partial charge on any atom is -0.494 e. The Morgan fingerprint density at radius 3 is 2.14 bits per heavy atom. The van der Waals surface area contributed by atoms with Gasteiger partial charge in [0.15, 0.2) is 0 Å². The van der Waals surface area contributed by atoms with Crippen LogP contribution in [0.1, 0.15) is 80.6 Å². The second-order valence-electron chi connectivity index (χ2n) is 8.80. The van der Waals surface area contributed by atoms with Crippen LogP contribution < -0.4 is 4.74 Å². The molecule has 154 valence electrons. The fourth-order valence-corrected chi connectivity index (χ4v) is 5.01. The van der Waals surface area contributed by atoms with Crippen LogP contribution in [0.5, 0.6) is 5.75 Å². The van der Waals surface area contributed by atoms with Crippen LogP contribution in [-0.2, 0) is 10.2 Å². The Kier molecular flexibility index (Phi) is 5.94. The summed E-state index contributed by atoms with van der Waals surface area (Å²) in [6, 6.07) is 18.3. The zero-order chi connectivity index (χ0) is 20.2. The Morgan fingerprint density at radius 1 is 0.862 bits per heavy atom. The highest BCUT2D eigenvalue weighted by Crippen LogP contribution is 2.55. The maximum Gasteiger partial charge on any atom is 0.338 e. The summed E-state index contributed by atoms with van der Waals surface area (Å²) in [5.41, 5.74) is 2.08. The summed E-state index contributed by atoms with van der Waals surface area (Å²) < 4.78 is 11.8. The lowest BCUT2D eigenvalue weighted by atomic mass is 9.56. The number of benzene rings is 2. The molecule has 0 atom stereocenters. The first-order valence-corrected chi connectivity index (χ1v) is 11.2. The van der Waals surface area contributed by atoms with Crippen molar-refractivity contribution in [3.8, 4) is 5.75 Å². The van der Waals surface area contributed by atoms with E-state index in [1.54, 1.807) is 0 Å². The van der Waals surface area contributed by atoms with E-state index < -0.39 is 0 Å². The molecule has 2 aromatic carbocycles. The zero-order valence-electron chi connectivity index (χ0n) is 17.5. The van der Waals surface area contributed by atoms with Crippen molar-refractivity contribution in [2.24, 2.45) is 0 Å². The molecule has 0 saturated heterocycles. The van der Waals surface area contributed by atoms with Crippen LogP contribution in [0.15, 0.2) is 54.6 Å². The van der Waals surface area contributed by atoms with E-state index in [-0.39, 0.29) is 17.0 Å². The Labute approximate surface area is 174 Å². The quantitative estimate of drug-likeness (QED) is 0.382. The molecule has 2 bridgehead atoms. The van der Waals surface area contributed by atoms with Gasteiger partial charge >= 0.3 is 5.97 Å². The van der Waals surface area contributed by atoms with Crippen molar-refractivity contribution in [2.75, 3.05) is 6.61 Å². The molecule has 5 rings (SSSR count). The van der Waals surface area contributed by atoms with Crippen LogP contribution in [0.2, 0.25) is 0 Å². The Balaban J connectivity index is 1.34. The molecule has 0 spiro atoms. The minimum atomic E-state index is -0.275. The van der Waals surface area contributed by atoms with E-state index in [4.69, 9.17) is 9.47 Å². The maximum atomic E-state index is 12.8. The van der Waals surface area contributed by atoms with Crippen molar-refractivity contribution in [3.05, 3.63) is 65.7 Å². The molecule has 0 amide bonds. The number of carbonyl (C=O) groups is 1. The third-order valence-corrected chi connectivity index (χ3v) is 6.98. The van der Waals surface area contributed by atoms with E-state index in [9.17, 15) is 4.79 Å². The minimum absolute atomic E-state index is 0.198. The van der Waals surface area contributed by atoms with Gasteiger partial charge in [-0.15, -0.1) is 0 Å². The van der Waals surface area contributed by atoms with E-state index in [2.05, 4.69) is 37.3 Å². The van der Waals surface area contributed by atoms with E-state index in [0.717, 1.165) is 57.3 Å². The molecule has 0 N–H and O–H groups in total. The summed E-state index contributed by atoms with van der Waals surface area (Å²) in [6.07, 6.45) is 9.64. The normalized spacial score (nSPS) is 25.6. The molecule has 2 aromatic rings. The van der Waals surface area contributed by atoms with Gasteiger partial charge in [-0.05, 0) is 80.2 Å². The topological polar surface area (TPSA) is 35.5 Å². The molecule has 0 aliphatic heterocycles. The second-order valence-corrected chi connectivity index (χ2v) is 8.80. The van der Waals surface area contributed by atoms with Crippen molar-refractivity contribution in [2.45, 2.75) is 75.7 Å². The first-order valence-electron chi connectivity index (χ1n) is 11.2. The van der Waals surface area contributed by atoms with Gasteiger partial charge in [-0.3, -0.25) is 0 Å². The first-order chi connectivity index (χ1) is 14.1. The number of hydrogen-bond acceptors (Lipinski definition) is 3. The summed E-state index contributed by atoms with van der Waals surface area (Å²) in [5.74, 6) is 0.621. The third kappa shape index (κ3) is 4.34. The number of esters is 1. The molecule has 3 saturated carbocycles. The van der Waals surface area contributed by atoms with Crippen LogP contribution in [-0.4, -0.2) is 18.2 Å². The molecular formula is C26H32O3. The van der Waals surface area contributed by atoms with Crippen LogP contribution in [0.3, 0.4) is 0 Å². The maximum absolute atomic E-state index is 12.8.